The van der Waals surface area contributed by atoms with Gasteiger partial charge in [0.25, 0.3) is 5.79 Å². The second-order valence-corrected chi connectivity index (χ2v) is 5.13. The highest BCUT2D eigenvalue weighted by Gasteiger charge is 2.82. The molecular formula is C6H11O10P. The van der Waals surface area contributed by atoms with Gasteiger partial charge in [-0.05, 0) is 0 Å². The lowest BCUT2D eigenvalue weighted by Crippen LogP contribution is -2.64. The van der Waals surface area contributed by atoms with Gasteiger partial charge in [-0.1, -0.05) is 0 Å². The van der Waals surface area contributed by atoms with Crippen LogP contribution in [0.1, 0.15) is 0 Å². The molecule has 3 rings (SSSR count). The van der Waals surface area contributed by atoms with Crippen molar-refractivity contribution < 1.29 is 48.8 Å². The van der Waals surface area contributed by atoms with Gasteiger partial charge < -0.3 is 30.6 Å². The van der Waals surface area contributed by atoms with Gasteiger partial charge >= 0.3 is 13.8 Å². The van der Waals surface area contributed by atoms with E-state index in [9.17, 15) is 25.0 Å². The molecule has 6 N–H and O–H groups in total. The van der Waals surface area contributed by atoms with E-state index in [-0.39, 0.29) is 0 Å². The van der Waals surface area contributed by atoms with Crippen molar-refractivity contribution in [2.24, 2.45) is 0 Å². The van der Waals surface area contributed by atoms with Crippen LogP contribution in [0.15, 0.2) is 0 Å². The number of aliphatic hydroxyl groups excluding tert-OH is 4. The van der Waals surface area contributed by atoms with Crippen molar-refractivity contribution in [3.05, 3.63) is 0 Å². The predicted molar refractivity (Wildman–Crippen MR) is 45.9 cm³/mol. The van der Waals surface area contributed by atoms with E-state index in [1.54, 1.807) is 0 Å². The minimum absolute atomic E-state index is 0.924. The van der Waals surface area contributed by atoms with Crippen LogP contribution in [0.25, 0.3) is 0 Å². The van der Waals surface area contributed by atoms with E-state index in [1.807, 2.05) is 0 Å². The molecule has 10 nitrogen and oxygen atoms in total. The van der Waals surface area contributed by atoms with Crippen LogP contribution in [0.5, 0.6) is 0 Å². The van der Waals surface area contributed by atoms with Crippen LogP contribution < -0.4 is 0 Å². The summed E-state index contributed by atoms with van der Waals surface area (Å²) >= 11 is 0. The summed E-state index contributed by atoms with van der Waals surface area (Å²) in [4.78, 5) is 0. The summed E-state index contributed by atoms with van der Waals surface area (Å²) in [5.74, 6) is -5.92. The third-order valence-corrected chi connectivity index (χ3v) is 3.92. The molecule has 0 aromatic carbocycles. The average Bonchev–Trinajstić information content (AvgIpc) is 2.55. The molecule has 0 unspecified atom stereocenters. The normalized spacial score (nSPS) is 49.5. The molecule has 0 aromatic rings. The molecule has 3 saturated heterocycles. The summed E-state index contributed by atoms with van der Waals surface area (Å²) in [6.45, 7) is -0.924. The summed E-state index contributed by atoms with van der Waals surface area (Å²) in [7, 11) is -4.13. The Morgan fingerprint density at radius 3 is 2.00 bits per heavy atom. The molecule has 0 saturated carbocycles. The molecule has 100 valence electrons. The Morgan fingerprint density at radius 2 is 1.65 bits per heavy atom. The van der Waals surface area contributed by atoms with E-state index >= 15 is 0 Å². The lowest BCUT2D eigenvalue weighted by Gasteiger charge is -2.37. The van der Waals surface area contributed by atoms with Gasteiger partial charge in [-0.15, -0.1) is 0 Å². The van der Waals surface area contributed by atoms with Gasteiger partial charge in [0.1, 0.15) is 18.3 Å². The quantitative estimate of drug-likeness (QED) is 0.284. The number of phosphoric acid groups is 1. The first-order valence-electron chi connectivity index (χ1n) is 4.49. The van der Waals surface area contributed by atoms with Crippen LogP contribution in [0.3, 0.4) is 0 Å². The van der Waals surface area contributed by atoms with Gasteiger partial charge in [0.15, 0.2) is 0 Å². The van der Waals surface area contributed by atoms with Gasteiger partial charge in [0.05, 0.1) is 6.61 Å². The molecule has 0 radical (unpaired) electrons. The van der Waals surface area contributed by atoms with Crippen LogP contribution in [0.2, 0.25) is 0 Å². The molecule has 4 atom stereocenters. The average molecular weight is 274 g/mol. The van der Waals surface area contributed by atoms with Gasteiger partial charge in [0.2, 0.25) is 0 Å². The molecule has 3 aliphatic heterocycles. The zero-order chi connectivity index (χ0) is 13.1. The van der Waals surface area contributed by atoms with Crippen LogP contribution >= 0.6 is 7.82 Å². The Balaban J connectivity index is 2.20. The zero-order valence-corrected chi connectivity index (χ0v) is 9.10. The summed E-state index contributed by atoms with van der Waals surface area (Å²) in [6.07, 6.45) is -6.23. The third-order valence-electron chi connectivity index (χ3n) is 2.48. The minimum Gasteiger partial charge on any atom is -0.394 e. The number of hydrogen-bond donors (Lipinski definition) is 6. The third kappa shape index (κ3) is 1.66. The van der Waals surface area contributed by atoms with Crippen LogP contribution in [0, 0.1) is 0 Å². The van der Waals surface area contributed by atoms with Crippen LogP contribution in [-0.4, -0.2) is 67.3 Å². The van der Waals surface area contributed by atoms with E-state index < -0.39 is 44.5 Å². The molecule has 0 spiro atoms. The molecule has 0 aromatic heterocycles. The number of fused-ring (bicyclic) bond motifs is 1. The van der Waals surface area contributed by atoms with Crippen molar-refractivity contribution in [1.82, 2.24) is 0 Å². The fourth-order valence-electron chi connectivity index (χ4n) is 1.50. The van der Waals surface area contributed by atoms with Crippen molar-refractivity contribution in [2.75, 3.05) is 6.61 Å². The summed E-state index contributed by atoms with van der Waals surface area (Å²) in [5.41, 5.74) is 0. The first-order chi connectivity index (χ1) is 7.67. The van der Waals surface area contributed by atoms with E-state index in [1.165, 1.54) is 0 Å². The molecule has 3 aliphatic rings. The van der Waals surface area contributed by atoms with Crippen molar-refractivity contribution in [3.8, 4) is 0 Å². The highest BCUT2D eigenvalue weighted by atomic mass is 31.2. The molecular weight excluding hydrogens is 263 g/mol. The summed E-state index contributed by atoms with van der Waals surface area (Å²) in [5, 5.41) is 55.6. The van der Waals surface area contributed by atoms with Crippen molar-refractivity contribution in [1.29, 1.82) is 0 Å². The molecule has 3 heterocycles. The molecule has 17 heavy (non-hydrogen) atoms. The fourth-order valence-corrected chi connectivity index (χ4v) is 3.02. The lowest BCUT2D eigenvalue weighted by molar-refractivity contribution is -0.417. The fraction of sp³-hybridized carbons (Fsp3) is 1.00. The maximum Gasteiger partial charge on any atom is 0.486 e. The Hall–Kier alpha value is -0.130. The van der Waals surface area contributed by atoms with Crippen LogP contribution in [-0.2, 0) is 18.1 Å². The zero-order valence-electron chi connectivity index (χ0n) is 8.20. The van der Waals surface area contributed by atoms with Gasteiger partial charge in [0, 0.05) is 0 Å². The number of aliphatic hydroxyl groups is 6. The SMILES string of the molecule is O=P12OC(O)(O1)[C@@](O)([C@H](O)[C@H](O)[C@@H](O)CO)O2. The topological polar surface area (TPSA) is 166 Å². The summed E-state index contributed by atoms with van der Waals surface area (Å²) in [6, 6.07) is 0. The Kier molecular flexibility index (Phi) is 2.88. The molecule has 3 fully saturated rings. The predicted octanol–water partition coefficient (Wildman–Crippen LogP) is -3.42. The summed E-state index contributed by atoms with van der Waals surface area (Å²) < 4.78 is 23.9. The van der Waals surface area contributed by atoms with Gasteiger partial charge in [-0.25, -0.2) is 18.1 Å². The number of rotatable bonds is 4. The molecule has 2 bridgehead atoms. The monoisotopic (exact) mass is 274 g/mol. The van der Waals surface area contributed by atoms with E-state index in [4.69, 9.17) is 10.2 Å². The van der Waals surface area contributed by atoms with E-state index in [2.05, 4.69) is 13.6 Å². The number of phosphoric ester groups is 1. The van der Waals surface area contributed by atoms with Crippen molar-refractivity contribution in [2.45, 2.75) is 30.1 Å². The Labute approximate surface area is 94.2 Å². The number of hydrogen-bond acceptors (Lipinski definition) is 10. The maximum atomic E-state index is 11.2. The van der Waals surface area contributed by atoms with Crippen molar-refractivity contribution >= 4 is 7.82 Å². The second kappa shape index (κ2) is 3.68. The van der Waals surface area contributed by atoms with Gasteiger partial charge in [-0.3, -0.25) is 0 Å². The second-order valence-electron chi connectivity index (χ2n) is 3.68. The van der Waals surface area contributed by atoms with Crippen molar-refractivity contribution in [3.63, 3.8) is 0 Å². The van der Waals surface area contributed by atoms with Gasteiger partial charge in [-0.2, -0.15) is 0 Å². The smallest absolute Gasteiger partial charge is 0.394 e. The first kappa shape index (κ1) is 13.3. The highest BCUT2D eigenvalue weighted by Crippen LogP contribution is 2.76. The lowest BCUT2D eigenvalue weighted by atomic mass is 9.98. The largest absolute Gasteiger partial charge is 0.486 e. The molecule has 11 heteroatoms. The van der Waals surface area contributed by atoms with E-state index in [0.29, 0.717) is 0 Å². The highest BCUT2D eigenvalue weighted by molar-refractivity contribution is 7.50. The minimum atomic E-state index is -4.13. The van der Waals surface area contributed by atoms with Crippen LogP contribution in [0.4, 0.5) is 0 Å². The molecule has 0 amide bonds. The standard InChI is InChI=1S/C6H11O10P/c7-1-2(8)3(9)4(10)5(11)6(12)15-17(13,14-5)16-6/h2-4,7-12H,1H2/t2-,3+,4+,5+,6?,17?/m0/s1. The van der Waals surface area contributed by atoms with E-state index in [0.717, 1.165) is 0 Å². The Morgan fingerprint density at radius 1 is 1.12 bits per heavy atom. The maximum absolute atomic E-state index is 11.2. The first-order valence-corrected chi connectivity index (χ1v) is 5.95. The molecule has 0 aliphatic carbocycles. The Bertz CT molecular complexity index is 362.